The van der Waals surface area contributed by atoms with Crippen LogP contribution in [0.4, 0.5) is 5.69 Å². The van der Waals surface area contributed by atoms with Crippen LogP contribution in [0.1, 0.15) is 15.9 Å². The van der Waals surface area contributed by atoms with E-state index < -0.39 is 0 Å². The Morgan fingerprint density at radius 3 is 2.62 bits per heavy atom. The molecule has 0 unspecified atom stereocenters. The third-order valence-corrected chi connectivity index (χ3v) is 6.71. The standard InChI is InChI=1S/C27H25N3O3S/c1-18-15-20(27(31)30-16-21(17-30)33-24-10-4-3-9-23(24)32-2)12-13-22(18)29-34-25-11-5-7-19-8-6-14-28-26(19)25/h3-15,21,29H,16-17H2,1-2H3. The molecule has 1 aliphatic heterocycles. The molecule has 7 heteroatoms. The lowest BCUT2D eigenvalue weighted by molar-refractivity contribution is 0.0169. The van der Waals surface area contributed by atoms with Gasteiger partial charge in [0.2, 0.25) is 0 Å². The third kappa shape index (κ3) is 4.52. The van der Waals surface area contributed by atoms with Gasteiger partial charge in [-0.1, -0.05) is 30.3 Å². The molecule has 34 heavy (non-hydrogen) atoms. The van der Waals surface area contributed by atoms with Crippen LogP contribution in [-0.2, 0) is 0 Å². The SMILES string of the molecule is COc1ccccc1OC1CN(C(=O)c2ccc(NSc3cccc4cccnc34)c(C)c2)C1. The van der Waals surface area contributed by atoms with Gasteiger partial charge in [-0.2, -0.15) is 0 Å². The molecular formula is C27H25N3O3S. The van der Waals surface area contributed by atoms with E-state index in [1.807, 2.05) is 67.6 Å². The maximum absolute atomic E-state index is 12.9. The van der Waals surface area contributed by atoms with Crippen molar-refractivity contribution in [2.45, 2.75) is 17.9 Å². The molecule has 0 saturated carbocycles. The Kier molecular flexibility index (Phi) is 6.27. The number of fused-ring (bicyclic) bond motifs is 1. The van der Waals surface area contributed by atoms with Gasteiger partial charge < -0.3 is 19.1 Å². The van der Waals surface area contributed by atoms with Gasteiger partial charge >= 0.3 is 0 Å². The monoisotopic (exact) mass is 471 g/mol. The maximum Gasteiger partial charge on any atom is 0.254 e. The topological polar surface area (TPSA) is 63.7 Å². The molecular weight excluding hydrogens is 446 g/mol. The van der Waals surface area contributed by atoms with Gasteiger partial charge in [-0.25, -0.2) is 0 Å². The number of hydrogen-bond acceptors (Lipinski definition) is 6. The molecule has 0 atom stereocenters. The van der Waals surface area contributed by atoms with E-state index in [1.54, 1.807) is 18.2 Å². The van der Waals surface area contributed by atoms with E-state index in [-0.39, 0.29) is 12.0 Å². The number of para-hydroxylation sites is 3. The first-order valence-electron chi connectivity index (χ1n) is 11.1. The highest BCUT2D eigenvalue weighted by molar-refractivity contribution is 8.00. The van der Waals surface area contributed by atoms with Crippen molar-refractivity contribution < 1.29 is 14.3 Å². The second-order valence-electron chi connectivity index (χ2n) is 8.17. The highest BCUT2D eigenvalue weighted by Crippen LogP contribution is 2.31. The van der Waals surface area contributed by atoms with Gasteiger partial charge in [0.25, 0.3) is 5.91 Å². The summed E-state index contributed by atoms with van der Waals surface area (Å²) in [4.78, 5) is 20.3. The molecule has 1 saturated heterocycles. The molecule has 172 valence electrons. The zero-order valence-electron chi connectivity index (χ0n) is 19.0. The minimum absolute atomic E-state index is 0.0143. The van der Waals surface area contributed by atoms with Crippen molar-refractivity contribution in [3.63, 3.8) is 0 Å². The Morgan fingerprint density at radius 2 is 1.82 bits per heavy atom. The molecule has 1 fully saturated rings. The first-order chi connectivity index (χ1) is 16.6. The van der Waals surface area contributed by atoms with Crippen LogP contribution in [0, 0.1) is 6.92 Å². The summed E-state index contributed by atoms with van der Waals surface area (Å²) < 4.78 is 14.7. The molecule has 6 nitrogen and oxygen atoms in total. The summed E-state index contributed by atoms with van der Waals surface area (Å²) in [6.07, 6.45) is 1.77. The van der Waals surface area contributed by atoms with E-state index in [0.717, 1.165) is 27.0 Å². The number of nitrogens with zero attached hydrogens (tertiary/aromatic N) is 2. The number of anilines is 1. The van der Waals surface area contributed by atoms with Crippen molar-refractivity contribution in [2.75, 3.05) is 24.9 Å². The molecule has 3 aromatic carbocycles. The average molecular weight is 472 g/mol. The minimum atomic E-state index is -0.0343. The summed E-state index contributed by atoms with van der Waals surface area (Å²) in [5, 5.41) is 1.11. The largest absolute Gasteiger partial charge is 0.493 e. The lowest BCUT2D eigenvalue weighted by Gasteiger charge is -2.39. The predicted octanol–water partition coefficient (Wildman–Crippen LogP) is 5.57. The van der Waals surface area contributed by atoms with Crippen LogP contribution in [0.25, 0.3) is 10.9 Å². The molecule has 0 radical (unpaired) electrons. The Hall–Kier alpha value is -3.71. The quantitative estimate of drug-likeness (QED) is 0.355. The molecule has 1 amide bonds. The van der Waals surface area contributed by atoms with Crippen molar-refractivity contribution in [2.24, 2.45) is 0 Å². The Morgan fingerprint density at radius 1 is 1.03 bits per heavy atom. The van der Waals surface area contributed by atoms with E-state index >= 15 is 0 Å². The molecule has 0 bridgehead atoms. The number of ether oxygens (including phenoxy) is 2. The number of aryl methyl sites for hydroxylation is 1. The summed E-state index contributed by atoms with van der Waals surface area (Å²) in [7, 11) is 1.62. The summed E-state index contributed by atoms with van der Waals surface area (Å²) in [6, 6.07) is 23.4. The smallest absolute Gasteiger partial charge is 0.254 e. The van der Waals surface area contributed by atoms with Crippen LogP contribution < -0.4 is 14.2 Å². The second-order valence-corrected chi connectivity index (χ2v) is 9.01. The Balaban J connectivity index is 1.20. The maximum atomic E-state index is 12.9. The molecule has 0 spiro atoms. The fourth-order valence-electron chi connectivity index (χ4n) is 3.94. The number of carbonyl (C=O) groups is 1. The summed E-state index contributed by atoms with van der Waals surface area (Å²) in [5.41, 5.74) is 3.62. The molecule has 2 heterocycles. The third-order valence-electron chi connectivity index (χ3n) is 5.84. The average Bonchev–Trinajstić information content (AvgIpc) is 2.85. The van der Waals surface area contributed by atoms with Crippen LogP contribution >= 0.6 is 11.9 Å². The van der Waals surface area contributed by atoms with Crippen LogP contribution in [0.5, 0.6) is 11.5 Å². The van der Waals surface area contributed by atoms with Crippen LogP contribution in [0.3, 0.4) is 0 Å². The van der Waals surface area contributed by atoms with Crippen molar-refractivity contribution in [1.82, 2.24) is 9.88 Å². The number of pyridine rings is 1. The van der Waals surface area contributed by atoms with E-state index in [1.165, 1.54) is 11.9 Å². The van der Waals surface area contributed by atoms with Gasteiger partial charge in [0.15, 0.2) is 11.5 Å². The summed E-state index contributed by atoms with van der Waals surface area (Å²) in [5.74, 6) is 1.41. The van der Waals surface area contributed by atoms with Crippen molar-refractivity contribution in [3.05, 3.63) is 90.1 Å². The number of benzene rings is 3. The van der Waals surface area contributed by atoms with E-state index in [2.05, 4.69) is 21.8 Å². The van der Waals surface area contributed by atoms with Gasteiger partial charge in [0, 0.05) is 22.8 Å². The van der Waals surface area contributed by atoms with Gasteiger partial charge in [-0.15, -0.1) is 0 Å². The summed E-state index contributed by atoms with van der Waals surface area (Å²) >= 11 is 1.52. The fraction of sp³-hybridized carbons (Fsp3) is 0.185. The van der Waals surface area contributed by atoms with E-state index in [0.29, 0.717) is 30.2 Å². The molecule has 0 aliphatic carbocycles. The first kappa shape index (κ1) is 22.1. The number of carbonyl (C=O) groups excluding carboxylic acids is 1. The minimum Gasteiger partial charge on any atom is -0.493 e. The molecule has 1 N–H and O–H groups in total. The number of likely N-dealkylation sites (tertiary alicyclic amines) is 1. The zero-order valence-corrected chi connectivity index (χ0v) is 19.8. The zero-order chi connectivity index (χ0) is 23.5. The molecule has 1 aliphatic rings. The predicted molar refractivity (Wildman–Crippen MR) is 136 cm³/mol. The van der Waals surface area contributed by atoms with E-state index in [4.69, 9.17) is 9.47 Å². The van der Waals surface area contributed by atoms with Gasteiger partial charge in [-0.3, -0.25) is 9.78 Å². The van der Waals surface area contributed by atoms with Crippen molar-refractivity contribution in [3.8, 4) is 11.5 Å². The Labute approximate surface area is 203 Å². The molecule has 1 aromatic heterocycles. The number of rotatable bonds is 7. The molecule has 5 rings (SSSR count). The van der Waals surface area contributed by atoms with Crippen LogP contribution in [0.15, 0.2) is 83.9 Å². The van der Waals surface area contributed by atoms with Crippen molar-refractivity contribution in [1.29, 1.82) is 0 Å². The lowest BCUT2D eigenvalue weighted by atomic mass is 10.1. The highest BCUT2D eigenvalue weighted by Gasteiger charge is 2.33. The summed E-state index contributed by atoms with van der Waals surface area (Å²) in [6.45, 7) is 3.12. The normalized spacial score (nSPS) is 13.4. The van der Waals surface area contributed by atoms with Crippen LogP contribution in [0.2, 0.25) is 0 Å². The fourth-order valence-corrected chi connectivity index (χ4v) is 4.80. The first-order valence-corrected chi connectivity index (χ1v) is 11.9. The van der Waals surface area contributed by atoms with Gasteiger partial charge in [0.05, 0.1) is 30.6 Å². The highest BCUT2D eigenvalue weighted by atomic mass is 32.2. The van der Waals surface area contributed by atoms with Gasteiger partial charge in [-0.05, 0) is 66.9 Å². The number of hydrogen-bond donors (Lipinski definition) is 1. The van der Waals surface area contributed by atoms with Gasteiger partial charge in [0.1, 0.15) is 6.10 Å². The van der Waals surface area contributed by atoms with E-state index in [9.17, 15) is 4.79 Å². The second kappa shape index (κ2) is 9.65. The molecule has 4 aromatic rings. The Bertz CT molecular complexity index is 1330. The lowest BCUT2D eigenvalue weighted by Crippen LogP contribution is -2.56. The number of aromatic nitrogens is 1. The number of amides is 1. The number of nitrogens with one attached hydrogen (secondary N) is 1. The van der Waals surface area contributed by atoms with Crippen LogP contribution in [-0.4, -0.2) is 42.1 Å². The van der Waals surface area contributed by atoms with Crippen molar-refractivity contribution >= 4 is 34.4 Å². The number of methoxy groups -OCH3 is 1.